The summed E-state index contributed by atoms with van der Waals surface area (Å²) in [5, 5.41) is 15.6. The second kappa shape index (κ2) is 8.95. The minimum absolute atomic E-state index is 0.0135. The molecule has 0 aliphatic carbocycles. The predicted molar refractivity (Wildman–Crippen MR) is 115 cm³/mol. The molecule has 0 bridgehead atoms. The van der Waals surface area contributed by atoms with E-state index in [1.807, 2.05) is 0 Å². The number of aromatic carboxylic acids is 1. The zero-order valence-electron chi connectivity index (χ0n) is 16.6. The molecule has 2 N–H and O–H groups in total. The second-order valence-corrected chi connectivity index (χ2v) is 7.38. The molecule has 0 saturated heterocycles. The van der Waals surface area contributed by atoms with Crippen molar-refractivity contribution in [3.63, 3.8) is 0 Å². The van der Waals surface area contributed by atoms with Gasteiger partial charge in [-0.05, 0) is 54.6 Å². The van der Waals surface area contributed by atoms with Gasteiger partial charge in [0.25, 0.3) is 0 Å². The molecule has 168 valence electrons. The molecule has 0 saturated carbocycles. The molecule has 0 radical (unpaired) electrons. The summed E-state index contributed by atoms with van der Waals surface area (Å²) in [5.74, 6) is -5.05. The van der Waals surface area contributed by atoms with Gasteiger partial charge in [-0.2, -0.15) is 5.10 Å². The molecule has 33 heavy (non-hydrogen) atoms. The molecule has 4 aromatic rings. The summed E-state index contributed by atoms with van der Waals surface area (Å²) in [6.07, 6.45) is 1.57. The molecule has 5 nitrogen and oxygen atoms in total. The first-order valence-corrected chi connectivity index (χ1v) is 9.87. The van der Waals surface area contributed by atoms with Crippen LogP contribution in [0.2, 0.25) is 5.02 Å². The Morgan fingerprint density at radius 1 is 0.970 bits per heavy atom. The maximum Gasteiger partial charge on any atom is 0.335 e. The molecule has 3 aromatic carbocycles. The van der Waals surface area contributed by atoms with Gasteiger partial charge in [-0.25, -0.2) is 27.0 Å². The fourth-order valence-corrected chi connectivity index (χ4v) is 3.33. The highest BCUT2D eigenvalue weighted by atomic mass is 35.5. The summed E-state index contributed by atoms with van der Waals surface area (Å²) in [6.45, 7) is -0.0135. The Morgan fingerprint density at radius 2 is 1.67 bits per heavy atom. The number of anilines is 1. The lowest BCUT2D eigenvalue weighted by atomic mass is 10.1. The lowest BCUT2D eigenvalue weighted by Crippen LogP contribution is -2.03. The van der Waals surface area contributed by atoms with E-state index in [0.717, 1.165) is 18.2 Å². The van der Waals surface area contributed by atoms with Crippen LogP contribution in [0.15, 0.2) is 60.8 Å². The van der Waals surface area contributed by atoms with E-state index >= 15 is 0 Å². The number of carboxylic acid groups (broad SMARTS) is 1. The fourth-order valence-electron chi connectivity index (χ4n) is 3.17. The Morgan fingerprint density at radius 3 is 2.33 bits per heavy atom. The normalized spacial score (nSPS) is 10.9. The number of nitrogens with zero attached hydrogens (tertiary/aromatic N) is 2. The summed E-state index contributed by atoms with van der Waals surface area (Å²) in [4.78, 5) is 11.1. The van der Waals surface area contributed by atoms with Crippen molar-refractivity contribution in [2.75, 3.05) is 5.32 Å². The van der Waals surface area contributed by atoms with Crippen molar-refractivity contribution in [1.82, 2.24) is 9.78 Å². The molecule has 0 fully saturated rings. The van der Waals surface area contributed by atoms with Gasteiger partial charge in [0.2, 0.25) is 0 Å². The number of aromatic nitrogens is 2. The molecule has 0 unspecified atom stereocenters. The maximum atomic E-state index is 14.3. The average molecular weight is 476 g/mol. The van der Waals surface area contributed by atoms with E-state index in [0.29, 0.717) is 11.3 Å². The van der Waals surface area contributed by atoms with Gasteiger partial charge in [0.1, 0.15) is 10.8 Å². The number of hydrogen-bond acceptors (Lipinski definition) is 3. The van der Waals surface area contributed by atoms with Crippen LogP contribution in [0, 0.1) is 23.3 Å². The molecule has 10 heteroatoms. The van der Waals surface area contributed by atoms with E-state index in [1.165, 1.54) is 41.1 Å². The number of rotatable bonds is 6. The van der Waals surface area contributed by atoms with E-state index in [-0.39, 0.29) is 29.1 Å². The van der Waals surface area contributed by atoms with E-state index < -0.39 is 34.3 Å². The standard InChI is InChI=1S/C23H14ClF4N3O2/c24-20-17(26)7-8-19(21(20)28)29-10-14-11-31(15-4-1-12(2-5-15)23(32)33)30-22(14)13-3-6-16(25)18(27)9-13/h1-9,11,29H,10H2,(H,32,33). The summed E-state index contributed by atoms with van der Waals surface area (Å²) < 4.78 is 56.4. The topological polar surface area (TPSA) is 67.2 Å². The van der Waals surface area contributed by atoms with Crippen molar-refractivity contribution in [2.24, 2.45) is 0 Å². The number of halogens is 5. The smallest absolute Gasteiger partial charge is 0.335 e. The molecule has 0 aliphatic heterocycles. The monoisotopic (exact) mass is 475 g/mol. The second-order valence-electron chi connectivity index (χ2n) is 7.00. The van der Waals surface area contributed by atoms with Gasteiger partial charge in [-0.1, -0.05) is 11.6 Å². The summed E-state index contributed by atoms with van der Waals surface area (Å²) >= 11 is 5.62. The third-order valence-corrected chi connectivity index (χ3v) is 5.21. The molecule has 4 rings (SSSR count). The summed E-state index contributed by atoms with van der Waals surface area (Å²) in [5.41, 5.74) is 1.55. The molecule has 1 aromatic heterocycles. The predicted octanol–water partition coefficient (Wildman–Crippen LogP) is 6.06. The summed E-state index contributed by atoms with van der Waals surface area (Å²) in [6, 6.07) is 11.3. The molecular formula is C23H14ClF4N3O2. The number of benzene rings is 3. The molecule has 0 spiro atoms. The van der Waals surface area contributed by atoms with E-state index in [4.69, 9.17) is 16.7 Å². The first-order chi connectivity index (χ1) is 15.7. The highest BCUT2D eigenvalue weighted by molar-refractivity contribution is 6.31. The number of carbonyl (C=O) groups is 1. The fraction of sp³-hybridized carbons (Fsp3) is 0.0435. The molecule has 0 amide bonds. The first-order valence-electron chi connectivity index (χ1n) is 9.49. The SMILES string of the molecule is O=C(O)c1ccc(-n2cc(CNc3ccc(F)c(Cl)c3F)c(-c3ccc(F)c(F)c3)n2)cc1. The third kappa shape index (κ3) is 4.54. The molecule has 0 atom stereocenters. The van der Waals surface area contributed by atoms with Crippen molar-refractivity contribution in [3.8, 4) is 16.9 Å². The van der Waals surface area contributed by atoms with Gasteiger partial charge < -0.3 is 10.4 Å². The van der Waals surface area contributed by atoms with Crippen molar-refractivity contribution < 1.29 is 27.5 Å². The Labute approximate surface area is 189 Å². The lowest BCUT2D eigenvalue weighted by molar-refractivity contribution is 0.0697. The van der Waals surface area contributed by atoms with Gasteiger partial charge in [-0.15, -0.1) is 0 Å². The van der Waals surface area contributed by atoms with E-state index in [9.17, 15) is 22.4 Å². The minimum Gasteiger partial charge on any atom is -0.478 e. The Bertz CT molecular complexity index is 1360. The maximum absolute atomic E-state index is 14.3. The van der Waals surface area contributed by atoms with Gasteiger partial charge in [0, 0.05) is 23.9 Å². The zero-order valence-corrected chi connectivity index (χ0v) is 17.4. The Kier molecular flexibility index (Phi) is 6.06. The molecular weight excluding hydrogens is 462 g/mol. The highest BCUT2D eigenvalue weighted by Crippen LogP contribution is 2.29. The first kappa shape index (κ1) is 22.3. The van der Waals surface area contributed by atoms with E-state index in [1.54, 1.807) is 6.20 Å². The molecule has 0 aliphatic rings. The largest absolute Gasteiger partial charge is 0.478 e. The van der Waals surface area contributed by atoms with Crippen molar-refractivity contribution in [1.29, 1.82) is 0 Å². The highest BCUT2D eigenvalue weighted by Gasteiger charge is 2.17. The van der Waals surface area contributed by atoms with Crippen molar-refractivity contribution >= 4 is 23.3 Å². The van der Waals surface area contributed by atoms with Crippen LogP contribution in [-0.2, 0) is 6.54 Å². The quantitative estimate of drug-likeness (QED) is 0.263. The Balaban J connectivity index is 1.73. The van der Waals surface area contributed by atoms with Crippen molar-refractivity contribution in [2.45, 2.75) is 6.54 Å². The van der Waals surface area contributed by atoms with Gasteiger partial charge in [-0.3, -0.25) is 0 Å². The van der Waals surface area contributed by atoms with Crippen LogP contribution in [0.25, 0.3) is 16.9 Å². The van der Waals surface area contributed by atoms with Crippen LogP contribution in [0.1, 0.15) is 15.9 Å². The van der Waals surface area contributed by atoms with Crippen LogP contribution in [0.5, 0.6) is 0 Å². The van der Waals surface area contributed by atoms with Gasteiger partial charge in [0.15, 0.2) is 17.5 Å². The third-order valence-electron chi connectivity index (χ3n) is 4.87. The van der Waals surface area contributed by atoms with E-state index in [2.05, 4.69) is 10.4 Å². The van der Waals surface area contributed by atoms with Crippen LogP contribution < -0.4 is 5.32 Å². The number of nitrogens with one attached hydrogen (secondary N) is 1. The number of carboxylic acids is 1. The Hall–Kier alpha value is -3.85. The van der Waals surface area contributed by atoms with Crippen LogP contribution in [0.3, 0.4) is 0 Å². The lowest BCUT2D eigenvalue weighted by Gasteiger charge is -2.09. The minimum atomic E-state index is -1.09. The van der Waals surface area contributed by atoms with Crippen LogP contribution >= 0.6 is 11.6 Å². The van der Waals surface area contributed by atoms with Crippen molar-refractivity contribution in [3.05, 3.63) is 100 Å². The summed E-state index contributed by atoms with van der Waals surface area (Å²) in [7, 11) is 0. The van der Waals surface area contributed by atoms with Gasteiger partial charge in [0.05, 0.1) is 22.6 Å². The van der Waals surface area contributed by atoms with Crippen LogP contribution in [-0.4, -0.2) is 20.9 Å². The molecule has 1 heterocycles. The van der Waals surface area contributed by atoms with Gasteiger partial charge >= 0.3 is 5.97 Å². The van der Waals surface area contributed by atoms with Crippen LogP contribution in [0.4, 0.5) is 23.2 Å². The average Bonchev–Trinajstić information content (AvgIpc) is 3.23. The zero-order chi connectivity index (χ0) is 23.7. The number of hydrogen-bond donors (Lipinski definition) is 2.